The Bertz CT molecular complexity index is 1160. The van der Waals surface area contributed by atoms with Gasteiger partial charge in [-0.2, -0.15) is 5.10 Å². The molecule has 160 valence electrons. The average Bonchev–Trinajstić information content (AvgIpc) is 2.76. The number of nitrogens with zero attached hydrogens (tertiary/aromatic N) is 2. The van der Waals surface area contributed by atoms with Gasteiger partial charge in [0, 0.05) is 6.20 Å². The first-order chi connectivity index (χ1) is 15.0. The van der Waals surface area contributed by atoms with Gasteiger partial charge in [0.15, 0.2) is 0 Å². The largest absolute Gasteiger partial charge is 0.494 e. The van der Waals surface area contributed by atoms with Crippen molar-refractivity contribution in [1.82, 2.24) is 9.99 Å². The molecule has 3 aromatic rings. The summed E-state index contributed by atoms with van der Waals surface area (Å²) in [6.07, 6.45) is 4.01. The SMILES string of the molecule is CCCOc1cccc(/C=N\NC(=O)c2cccn(Cc3ccc(Cl)c(Cl)c3)c2=O)c1. The summed E-state index contributed by atoms with van der Waals surface area (Å²) >= 11 is 12.0. The fraction of sp³-hybridized carbons (Fsp3) is 0.174. The van der Waals surface area contributed by atoms with Crippen LogP contribution < -0.4 is 15.7 Å². The minimum absolute atomic E-state index is 0.0141. The predicted octanol–water partition coefficient (Wildman–Crippen LogP) is 4.76. The van der Waals surface area contributed by atoms with Crippen LogP contribution in [-0.4, -0.2) is 23.3 Å². The van der Waals surface area contributed by atoms with Crippen LogP contribution in [0.15, 0.2) is 70.7 Å². The molecule has 0 fully saturated rings. The molecule has 0 radical (unpaired) electrons. The van der Waals surface area contributed by atoms with Crippen LogP contribution in [0.4, 0.5) is 0 Å². The Kier molecular flexibility index (Phi) is 7.87. The number of rotatable bonds is 8. The quantitative estimate of drug-likeness (QED) is 0.391. The van der Waals surface area contributed by atoms with E-state index in [1.807, 2.05) is 31.2 Å². The van der Waals surface area contributed by atoms with E-state index in [4.69, 9.17) is 27.9 Å². The number of hydrogen-bond donors (Lipinski definition) is 1. The van der Waals surface area contributed by atoms with Crippen molar-refractivity contribution in [1.29, 1.82) is 0 Å². The lowest BCUT2D eigenvalue weighted by atomic mass is 10.2. The predicted molar refractivity (Wildman–Crippen MR) is 124 cm³/mol. The molecule has 1 N–H and O–H groups in total. The molecule has 31 heavy (non-hydrogen) atoms. The van der Waals surface area contributed by atoms with Gasteiger partial charge in [0.1, 0.15) is 11.3 Å². The van der Waals surface area contributed by atoms with Crippen LogP contribution in [-0.2, 0) is 6.54 Å². The summed E-state index contributed by atoms with van der Waals surface area (Å²) < 4.78 is 7.00. The molecule has 6 nitrogen and oxygen atoms in total. The fourth-order valence-electron chi connectivity index (χ4n) is 2.80. The maximum atomic E-state index is 12.7. The van der Waals surface area contributed by atoms with Crippen LogP contribution in [0.25, 0.3) is 0 Å². The molecule has 0 aliphatic rings. The topological polar surface area (TPSA) is 72.7 Å². The molecule has 1 aromatic heterocycles. The van der Waals surface area contributed by atoms with Crippen molar-refractivity contribution >= 4 is 35.3 Å². The molecule has 1 amide bonds. The van der Waals surface area contributed by atoms with Crippen molar-refractivity contribution in [2.24, 2.45) is 5.10 Å². The highest BCUT2D eigenvalue weighted by atomic mass is 35.5. The molecule has 2 aromatic carbocycles. The number of amides is 1. The zero-order valence-electron chi connectivity index (χ0n) is 16.8. The molecule has 0 unspecified atom stereocenters. The standard InChI is InChI=1S/C23H21Cl2N3O3/c1-2-11-31-18-6-3-5-16(12-18)14-26-27-22(29)19-7-4-10-28(23(19)30)15-17-8-9-20(24)21(25)13-17/h3-10,12-14H,2,11,15H2,1H3,(H,27,29)/b26-14-. The normalized spacial score (nSPS) is 10.9. The van der Waals surface area contributed by atoms with Crippen molar-refractivity contribution in [3.05, 3.63) is 97.9 Å². The van der Waals surface area contributed by atoms with E-state index in [0.717, 1.165) is 23.3 Å². The smallest absolute Gasteiger partial charge is 0.276 e. The molecule has 0 aliphatic heterocycles. The molecular weight excluding hydrogens is 437 g/mol. The summed E-state index contributed by atoms with van der Waals surface area (Å²) in [6.45, 7) is 2.91. The zero-order valence-corrected chi connectivity index (χ0v) is 18.4. The van der Waals surface area contributed by atoms with E-state index < -0.39 is 11.5 Å². The summed E-state index contributed by atoms with van der Waals surface area (Å²) in [5.74, 6) is 0.133. The van der Waals surface area contributed by atoms with Gasteiger partial charge in [-0.3, -0.25) is 9.59 Å². The molecule has 0 aliphatic carbocycles. The van der Waals surface area contributed by atoms with Crippen LogP contribution in [0.2, 0.25) is 10.0 Å². The minimum Gasteiger partial charge on any atom is -0.494 e. The maximum Gasteiger partial charge on any atom is 0.276 e. The zero-order chi connectivity index (χ0) is 22.2. The lowest BCUT2D eigenvalue weighted by Gasteiger charge is -2.08. The molecule has 8 heteroatoms. The fourth-order valence-corrected chi connectivity index (χ4v) is 3.12. The molecule has 0 saturated carbocycles. The van der Waals surface area contributed by atoms with Gasteiger partial charge in [0.25, 0.3) is 11.5 Å². The van der Waals surface area contributed by atoms with Crippen LogP contribution in [0.1, 0.15) is 34.8 Å². The molecule has 0 saturated heterocycles. The van der Waals surface area contributed by atoms with Gasteiger partial charge < -0.3 is 9.30 Å². The molecule has 3 rings (SSSR count). The molecule has 0 spiro atoms. The van der Waals surface area contributed by atoms with Crippen molar-refractivity contribution in [2.45, 2.75) is 19.9 Å². The van der Waals surface area contributed by atoms with Crippen LogP contribution in [0.3, 0.4) is 0 Å². The average molecular weight is 458 g/mol. The molecule has 0 atom stereocenters. The summed E-state index contributed by atoms with van der Waals surface area (Å²) in [7, 11) is 0. The van der Waals surface area contributed by atoms with Gasteiger partial charge >= 0.3 is 0 Å². The third-order valence-electron chi connectivity index (χ3n) is 4.31. The van der Waals surface area contributed by atoms with Gasteiger partial charge in [0.2, 0.25) is 0 Å². The highest BCUT2D eigenvalue weighted by Gasteiger charge is 2.12. The third-order valence-corrected chi connectivity index (χ3v) is 5.05. The van der Waals surface area contributed by atoms with E-state index in [1.54, 1.807) is 30.5 Å². The first-order valence-electron chi connectivity index (χ1n) is 9.67. The Morgan fingerprint density at radius 2 is 1.97 bits per heavy atom. The van der Waals surface area contributed by atoms with Crippen LogP contribution in [0.5, 0.6) is 5.75 Å². The number of benzene rings is 2. The second kappa shape index (κ2) is 10.8. The summed E-state index contributed by atoms with van der Waals surface area (Å²) in [4.78, 5) is 25.2. The third kappa shape index (κ3) is 6.20. The highest BCUT2D eigenvalue weighted by molar-refractivity contribution is 6.42. The van der Waals surface area contributed by atoms with Gasteiger partial charge in [0.05, 0.1) is 29.4 Å². The van der Waals surface area contributed by atoms with Gasteiger partial charge in [-0.15, -0.1) is 0 Å². The Hall–Kier alpha value is -3.09. The summed E-state index contributed by atoms with van der Waals surface area (Å²) in [5.41, 5.74) is 3.50. The maximum absolute atomic E-state index is 12.7. The molecule has 0 bridgehead atoms. The first kappa shape index (κ1) is 22.6. The van der Waals surface area contributed by atoms with Gasteiger partial charge in [-0.05, 0) is 53.9 Å². The van der Waals surface area contributed by atoms with E-state index in [0.29, 0.717) is 16.7 Å². The van der Waals surface area contributed by atoms with Crippen molar-refractivity contribution in [3.8, 4) is 5.75 Å². The van der Waals surface area contributed by atoms with Gasteiger partial charge in [-0.25, -0.2) is 5.43 Å². The lowest BCUT2D eigenvalue weighted by Crippen LogP contribution is -2.30. The summed E-state index contributed by atoms with van der Waals surface area (Å²) in [5, 5.41) is 4.79. The Labute approximate surface area is 190 Å². The van der Waals surface area contributed by atoms with E-state index in [1.165, 1.54) is 16.8 Å². The highest BCUT2D eigenvalue weighted by Crippen LogP contribution is 2.22. The number of ether oxygens (including phenoxy) is 1. The number of pyridine rings is 1. The van der Waals surface area contributed by atoms with E-state index in [9.17, 15) is 9.59 Å². The summed E-state index contributed by atoms with van der Waals surface area (Å²) in [6, 6.07) is 15.6. The Morgan fingerprint density at radius 1 is 1.13 bits per heavy atom. The number of aromatic nitrogens is 1. The second-order valence-corrected chi connectivity index (χ2v) is 7.54. The lowest BCUT2D eigenvalue weighted by molar-refractivity contribution is 0.0953. The second-order valence-electron chi connectivity index (χ2n) is 6.72. The number of carbonyl (C=O) groups is 1. The number of carbonyl (C=O) groups excluding carboxylic acids is 1. The molecular formula is C23H21Cl2N3O3. The monoisotopic (exact) mass is 457 g/mol. The number of halogens is 2. The van der Waals surface area contributed by atoms with Crippen LogP contribution in [0, 0.1) is 0 Å². The van der Waals surface area contributed by atoms with Crippen molar-refractivity contribution < 1.29 is 9.53 Å². The number of hydrazone groups is 1. The Balaban J connectivity index is 1.69. The van der Waals surface area contributed by atoms with Crippen LogP contribution >= 0.6 is 23.2 Å². The van der Waals surface area contributed by atoms with Gasteiger partial charge in [-0.1, -0.05) is 48.3 Å². The van der Waals surface area contributed by atoms with E-state index in [-0.39, 0.29) is 12.1 Å². The molecule has 1 heterocycles. The van der Waals surface area contributed by atoms with Crippen molar-refractivity contribution in [2.75, 3.05) is 6.61 Å². The van der Waals surface area contributed by atoms with Crippen molar-refractivity contribution in [3.63, 3.8) is 0 Å². The first-order valence-corrected chi connectivity index (χ1v) is 10.4. The number of nitrogens with one attached hydrogen (secondary N) is 1. The number of hydrogen-bond acceptors (Lipinski definition) is 4. The minimum atomic E-state index is -0.594. The van der Waals surface area contributed by atoms with E-state index in [2.05, 4.69) is 10.5 Å². The Morgan fingerprint density at radius 3 is 2.74 bits per heavy atom. The van der Waals surface area contributed by atoms with E-state index >= 15 is 0 Å².